The average molecular weight is 509 g/mol. The first-order chi connectivity index (χ1) is 18.2. The molecule has 1 aromatic heterocycles. The van der Waals surface area contributed by atoms with Gasteiger partial charge in [-0.1, -0.05) is 81.4 Å². The fourth-order valence-electron chi connectivity index (χ4n) is 4.30. The summed E-state index contributed by atoms with van der Waals surface area (Å²) in [5, 5.41) is 9.39. The molecule has 2 amide bonds. The van der Waals surface area contributed by atoms with Crippen LogP contribution in [0.2, 0.25) is 0 Å². The van der Waals surface area contributed by atoms with Gasteiger partial charge in [0.2, 0.25) is 5.88 Å². The highest BCUT2D eigenvalue weighted by Crippen LogP contribution is 2.35. The SMILES string of the molecule is CC(NC(C)c1ccc(NC(=O)Nc2cccnc2Oc2ccccc2C(C)(C)C)cc1)c1ccccc1. The summed E-state index contributed by atoms with van der Waals surface area (Å²) in [4.78, 5) is 17.2. The van der Waals surface area contributed by atoms with Gasteiger partial charge < -0.3 is 20.7 Å². The molecule has 3 aromatic carbocycles. The fraction of sp³-hybridized carbons (Fsp3) is 0.250. The number of para-hydroxylation sites is 1. The van der Waals surface area contributed by atoms with Gasteiger partial charge >= 0.3 is 6.03 Å². The van der Waals surface area contributed by atoms with Gasteiger partial charge in [0.25, 0.3) is 0 Å². The normalized spacial score (nSPS) is 12.9. The second-order valence-corrected chi connectivity index (χ2v) is 10.4. The lowest BCUT2D eigenvalue weighted by molar-refractivity contribution is 0.262. The van der Waals surface area contributed by atoms with E-state index in [2.05, 4.69) is 79.8 Å². The molecule has 0 aliphatic carbocycles. The van der Waals surface area contributed by atoms with E-state index < -0.39 is 0 Å². The number of aromatic nitrogens is 1. The topological polar surface area (TPSA) is 75.3 Å². The van der Waals surface area contributed by atoms with E-state index in [1.54, 1.807) is 18.3 Å². The number of nitrogens with one attached hydrogen (secondary N) is 3. The molecule has 3 N–H and O–H groups in total. The molecular formula is C32H36N4O2. The van der Waals surface area contributed by atoms with Gasteiger partial charge in [0.15, 0.2) is 0 Å². The van der Waals surface area contributed by atoms with Crippen LogP contribution in [0.5, 0.6) is 11.6 Å². The molecule has 0 saturated carbocycles. The molecule has 4 aromatic rings. The monoisotopic (exact) mass is 508 g/mol. The molecule has 0 aliphatic rings. The van der Waals surface area contributed by atoms with E-state index >= 15 is 0 Å². The summed E-state index contributed by atoms with van der Waals surface area (Å²) in [5.41, 5.74) is 4.52. The number of rotatable bonds is 8. The number of nitrogens with zero attached hydrogens (tertiary/aromatic N) is 1. The van der Waals surface area contributed by atoms with Crippen LogP contribution < -0.4 is 20.7 Å². The lowest BCUT2D eigenvalue weighted by Gasteiger charge is -2.22. The maximum Gasteiger partial charge on any atom is 0.323 e. The molecule has 0 radical (unpaired) electrons. The number of hydrogen-bond donors (Lipinski definition) is 3. The van der Waals surface area contributed by atoms with Crippen LogP contribution in [0.25, 0.3) is 0 Å². The van der Waals surface area contributed by atoms with Crippen molar-refractivity contribution in [2.24, 2.45) is 0 Å². The molecule has 196 valence electrons. The van der Waals surface area contributed by atoms with Crippen molar-refractivity contribution >= 4 is 17.4 Å². The summed E-state index contributed by atoms with van der Waals surface area (Å²) in [7, 11) is 0. The Bertz CT molecular complexity index is 1350. The molecule has 1 heterocycles. The number of amides is 2. The van der Waals surface area contributed by atoms with Crippen LogP contribution in [-0.2, 0) is 5.41 Å². The predicted octanol–water partition coefficient (Wildman–Crippen LogP) is 8.23. The van der Waals surface area contributed by atoms with E-state index in [1.165, 1.54) is 5.56 Å². The summed E-state index contributed by atoms with van der Waals surface area (Å²) < 4.78 is 6.16. The zero-order chi connectivity index (χ0) is 27.1. The Labute approximate surface area is 225 Å². The maximum atomic E-state index is 12.8. The molecule has 0 fully saturated rings. The quantitative estimate of drug-likeness (QED) is 0.224. The third-order valence-electron chi connectivity index (χ3n) is 6.39. The van der Waals surface area contributed by atoms with Crippen LogP contribution in [-0.4, -0.2) is 11.0 Å². The van der Waals surface area contributed by atoms with E-state index in [-0.39, 0.29) is 23.5 Å². The molecule has 0 aliphatic heterocycles. The molecule has 6 heteroatoms. The van der Waals surface area contributed by atoms with E-state index in [4.69, 9.17) is 4.74 Å². The average Bonchev–Trinajstić information content (AvgIpc) is 2.90. The van der Waals surface area contributed by atoms with Crippen molar-refractivity contribution in [3.8, 4) is 11.6 Å². The van der Waals surface area contributed by atoms with Crippen molar-refractivity contribution < 1.29 is 9.53 Å². The Balaban J connectivity index is 1.39. The zero-order valence-corrected chi connectivity index (χ0v) is 22.7. The number of carbonyl (C=O) groups excluding carboxylic acids is 1. The minimum atomic E-state index is -0.372. The molecule has 38 heavy (non-hydrogen) atoms. The third-order valence-corrected chi connectivity index (χ3v) is 6.39. The third kappa shape index (κ3) is 6.99. The highest BCUT2D eigenvalue weighted by Gasteiger charge is 2.20. The molecular weight excluding hydrogens is 472 g/mol. The number of benzene rings is 3. The number of urea groups is 1. The number of pyridine rings is 1. The molecule has 2 atom stereocenters. The van der Waals surface area contributed by atoms with Gasteiger partial charge in [-0.25, -0.2) is 9.78 Å². The summed E-state index contributed by atoms with van der Waals surface area (Å²) in [6, 6.07) is 29.6. The maximum absolute atomic E-state index is 12.8. The first-order valence-electron chi connectivity index (χ1n) is 12.9. The minimum Gasteiger partial charge on any atom is -0.437 e. The molecule has 4 rings (SSSR count). The smallest absolute Gasteiger partial charge is 0.323 e. The van der Waals surface area contributed by atoms with E-state index in [0.717, 1.165) is 11.1 Å². The number of hydrogen-bond acceptors (Lipinski definition) is 4. The lowest BCUT2D eigenvalue weighted by atomic mass is 9.86. The van der Waals surface area contributed by atoms with Gasteiger partial charge in [0, 0.05) is 29.5 Å². The number of carbonyl (C=O) groups is 1. The number of anilines is 2. The van der Waals surface area contributed by atoms with Crippen molar-refractivity contribution in [3.05, 3.63) is 114 Å². The minimum absolute atomic E-state index is 0.102. The molecule has 0 saturated heterocycles. The van der Waals surface area contributed by atoms with E-state index in [1.807, 2.05) is 54.6 Å². The van der Waals surface area contributed by atoms with Crippen LogP contribution in [0.1, 0.15) is 63.4 Å². The Morgan fingerprint density at radius 2 is 1.39 bits per heavy atom. The summed E-state index contributed by atoms with van der Waals surface area (Å²) in [6.07, 6.45) is 1.64. The van der Waals surface area contributed by atoms with Gasteiger partial charge in [-0.3, -0.25) is 0 Å². The molecule has 0 spiro atoms. The second kappa shape index (κ2) is 11.9. The Morgan fingerprint density at radius 1 is 0.763 bits per heavy atom. The van der Waals surface area contributed by atoms with Crippen molar-refractivity contribution in [2.75, 3.05) is 10.6 Å². The van der Waals surface area contributed by atoms with Crippen LogP contribution in [0.3, 0.4) is 0 Å². The number of ether oxygens (including phenoxy) is 1. The van der Waals surface area contributed by atoms with Gasteiger partial charge in [-0.15, -0.1) is 0 Å². The largest absolute Gasteiger partial charge is 0.437 e. The van der Waals surface area contributed by atoms with Gasteiger partial charge in [-0.05, 0) is 60.7 Å². The van der Waals surface area contributed by atoms with Crippen molar-refractivity contribution in [1.82, 2.24) is 10.3 Å². The van der Waals surface area contributed by atoms with Gasteiger partial charge in [0.05, 0.1) is 0 Å². The van der Waals surface area contributed by atoms with Gasteiger partial charge in [0.1, 0.15) is 11.4 Å². The van der Waals surface area contributed by atoms with Crippen LogP contribution in [0, 0.1) is 0 Å². The summed E-state index contributed by atoms with van der Waals surface area (Å²) in [6.45, 7) is 10.7. The van der Waals surface area contributed by atoms with E-state index in [9.17, 15) is 4.79 Å². The Morgan fingerprint density at radius 3 is 2.08 bits per heavy atom. The lowest BCUT2D eigenvalue weighted by Crippen LogP contribution is -2.22. The van der Waals surface area contributed by atoms with Crippen molar-refractivity contribution in [1.29, 1.82) is 0 Å². The van der Waals surface area contributed by atoms with Crippen LogP contribution >= 0.6 is 0 Å². The molecule has 0 bridgehead atoms. The second-order valence-electron chi connectivity index (χ2n) is 10.4. The summed E-state index contributed by atoms with van der Waals surface area (Å²) in [5.74, 6) is 1.05. The highest BCUT2D eigenvalue weighted by atomic mass is 16.5. The van der Waals surface area contributed by atoms with Crippen molar-refractivity contribution in [2.45, 2.75) is 52.1 Å². The molecule has 6 nitrogen and oxygen atoms in total. The summed E-state index contributed by atoms with van der Waals surface area (Å²) >= 11 is 0. The van der Waals surface area contributed by atoms with Crippen LogP contribution in [0.15, 0.2) is 97.2 Å². The highest BCUT2D eigenvalue weighted by molar-refractivity contribution is 6.00. The predicted molar refractivity (Wildman–Crippen MR) is 155 cm³/mol. The first kappa shape index (κ1) is 26.9. The standard InChI is InChI=1S/C32H36N4O2/c1-22(24-12-7-6-8-13-24)34-23(2)25-17-19-26(20-18-25)35-31(37)36-28-15-11-21-33-30(28)38-29-16-10-9-14-27(29)32(3,4)5/h6-23,34H,1-5H3,(H2,35,36,37). The van der Waals surface area contributed by atoms with E-state index in [0.29, 0.717) is 23.0 Å². The fourth-order valence-corrected chi connectivity index (χ4v) is 4.30. The molecule has 2 unspecified atom stereocenters. The van der Waals surface area contributed by atoms with Crippen LogP contribution in [0.4, 0.5) is 16.2 Å². The zero-order valence-electron chi connectivity index (χ0n) is 22.7. The first-order valence-corrected chi connectivity index (χ1v) is 12.9. The van der Waals surface area contributed by atoms with Gasteiger partial charge in [-0.2, -0.15) is 0 Å². The Hall–Kier alpha value is -4.16. The van der Waals surface area contributed by atoms with Crippen molar-refractivity contribution in [3.63, 3.8) is 0 Å². The Kier molecular flexibility index (Phi) is 8.44.